The number of hydrogen-bond donors (Lipinski definition) is 2. The largest absolute Gasteiger partial charge is 0.481 e. The van der Waals surface area contributed by atoms with Crippen LogP contribution in [0.3, 0.4) is 0 Å². The number of aromatic nitrogens is 1. The summed E-state index contributed by atoms with van der Waals surface area (Å²) in [5, 5.41) is 12.2. The van der Waals surface area contributed by atoms with Gasteiger partial charge in [0.05, 0.1) is 11.8 Å². The van der Waals surface area contributed by atoms with Crippen LogP contribution in [0.1, 0.15) is 24.1 Å². The van der Waals surface area contributed by atoms with Crippen LogP contribution in [0.15, 0.2) is 6.20 Å². The van der Waals surface area contributed by atoms with Gasteiger partial charge in [-0.25, -0.2) is 4.98 Å². The molecule has 17 heavy (non-hydrogen) atoms. The lowest BCUT2D eigenvalue weighted by Gasteiger charge is -2.14. The number of hydrogen-bond acceptors (Lipinski definition) is 4. The van der Waals surface area contributed by atoms with Gasteiger partial charge in [0.2, 0.25) is 5.91 Å². The average Bonchev–Trinajstić information content (AvgIpc) is 2.86. The molecule has 6 heteroatoms. The van der Waals surface area contributed by atoms with Crippen LogP contribution in [0.2, 0.25) is 0 Å². The van der Waals surface area contributed by atoms with Crippen LogP contribution in [0, 0.1) is 18.8 Å². The molecule has 0 spiro atoms. The number of aliphatic carboxylic acids is 1. The number of carbonyl (C=O) groups is 2. The van der Waals surface area contributed by atoms with E-state index >= 15 is 0 Å². The summed E-state index contributed by atoms with van der Waals surface area (Å²) in [6.07, 6.45) is 3.72. The molecule has 1 aliphatic rings. The Balaban J connectivity index is 2.02. The SMILES string of the molecule is Cc1cnc(NC(=O)[C@@H]2CCC[C@@H]2C(=O)O)s1. The summed E-state index contributed by atoms with van der Waals surface area (Å²) >= 11 is 1.39. The third kappa shape index (κ3) is 2.63. The van der Waals surface area contributed by atoms with Gasteiger partial charge in [0, 0.05) is 11.1 Å². The highest BCUT2D eigenvalue weighted by atomic mass is 32.1. The maximum atomic E-state index is 11.9. The molecule has 0 saturated heterocycles. The Labute approximate surface area is 103 Å². The van der Waals surface area contributed by atoms with E-state index in [1.54, 1.807) is 6.20 Å². The first-order valence-corrected chi connectivity index (χ1v) is 6.35. The smallest absolute Gasteiger partial charge is 0.307 e. The number of anilines is 1. The minimum Gasteiger partial charge on any atom is -0.481 e. The van der Waals surface area contributed by atoms with E-state index in [-0.39, 0.29) is 5.91 Å². The predicted octanol–water partition coefficient (Wildman–Crippen LogP) is 1.89. The summed E-state index contributed by atoms with van der Waals surface area (Å²) in [5.74, 6) is -2.06. The van der Waals surface area contributed by atoms with E-state index < -0.39 is 17.8 Å². The Morgan fingerprint density at radius 1 is 1.47 bits per heavy atom. The molecule has 2 atom stereocenters. The van der Waals surface area contributed by atoms with Crippen molar-refractivity contribution in [2.24, 2.45) is 11.8 Å². The molecule has 0 unspecified atom stereocenters. The van der Waals surface area contributed by atoms with E-state index in [0.29, 0.717) is 18.0 Å². The number of thiazole rings is 1. The van der Waals surface area contributed by atoms with Crippen LogP contribution in [0.5, 0.6) is 0 Å². The first-order chi connectivity index (χ1) is 8.08. The van der Waals surface area contributed by atoms with Crippen molar-refractivity contribution in [1.29, 1.82) is 0 Å². The standard InChI is InChI=1S/C11H14N2O3S/c1-6-5-12-11(17-6)13-9(14)7-3-2-4-8(7)10(15)16/h5,7-8H,2-4H2,1H3,(H,15,16)(H,12,13,14)/t7-,8+/m1/s1. The lowest BCUT2D eigenvalue weighted by atomic mass is 9.95. The molecule has 1 aliphatic carbocycles. The fourth-order valence-corrected chi connectivity index (χ4v) is 2.85. The number of carboxylic acid groups (broad SMARTS) is 1. The molecular weight excluding hydrogens is 240 g/mol. The quantitative estimate of drug-likeness (QED) is 0.863. The number of amides is 1. The van der Waals surface area contributed by atoms with Crippen molar-refractivity contribution in [3.05, 3.63) is 11.1 Å². The molecule has 1 fully saturated rings. The van der Waals surface area contributed by atoms with Gasteiger partial charge in [-0.1, -0.05) is 6.42 Å². The Hall–Kier alpha value is -1.43. The number of aryl methyl sites for hydroxylation is 1. The predicted molar refractivity (Wildman–Crippen MR) is 63.9 cm³/mol. The van der Waals surface area contributed by atoms with Crippen LogP contribution >= 0.6 is 11.3 Å². The first-order valence-electron chi connectivity index (χ1n) is 5.54. The van der Waals surface area contributed by atoms with Crippen molar-refractivity contribution in [3.63, 3.8) is 0 Å². The summed E-state index contributed by atoms with van der Waals surface area (Å²) < 4.78 is 0. The highest BCUT2D eigenvalue weighted by Crippen LogP contribution is 2.33. The summed E-state index contributed by atoms with van der Waals surface area (Å²) in [6, 6.07) is 0. The molecule has 0 radical (unpaired) electrons. The molecule has 0 bridgehead atoms. The summed E-state index contributed by atoms with van der Waals surface area (Å²) in [7, 11) is 0. The van der Waals surface area contributed by atoms with Crippen molar-refractivity contribution < 1.29 is 14.7 Å². The van der Waals surface area contributed by atoms with Crippen LogP contribution in [0.4, 0.5) is 5.13 Å². The van der Waals surface area contributed by atoms with E-state index in [1.807, 2.05) is 6.92 Å². The lowest BCUT2D eigenvalue weighted by molar-refractivity contribution is -0.145. The highest BCUT2D eigenvalue weighted by Gasteiger charge is 2.37. The van der Waals surface area contributed by atoms with Crippen LogP contribution < -0.4 is 5.32 Å². The van der Waals surface area contributed by atoms with Gasteiger partial charge in [-0.05, 0) is 19.8 Å². The second kappa shape index (κ2) is 4.83. The molecule has 1 saturated carbocycles. The molecular formula is C11H14N2O3S. The third-order valence-corrected chi connectivity index (χ3v) is 3.85. The first kappa shape index (κ1) is 12.0. The fraction of sp³-hybridized carbons (Fsp3) is 0.545. The number of rotatable bonds is 3. The summed E-state index contributed by atoms with van der Waals surface area (Å²) in [4.78, 5) is 28.0. The molecule has 1 heterocycles. The maximum Gasteiger partial charge on any atom is 0.307 e. The number of carbonyl (C=O) groups excluding carboxylic acids is 1. The van der Waals surface area contributed by atoms with Gasteiger partial charge in [-0.3, -0.25) is 9.59 Å². The number of nitrogens with zero attached hydrogens (tertiary/aromatic N) is 1. The van der Waals surface area contributed by atoms with Crippen molar-refractivity contribution in [3.8, 4) is 0 Å². The Kier molecular flexibility index (Phi) is 3.42. The zero-order valence-corrected chi connectivity index (χ0v) is 10.3. The van der Waals surface area contributed by atoms with Gasteiger partial charge in [-0.2, -0.15) is 0 Å². The van der Waals surface area contributed by atoms with E-state index in [4.69, 9.17) is 5.11 Å². The minimum atomic E-state index is -0.877. The van der Waals surface area contributed by atoms with Crippen molar-refractivity contribution >= 4 is 28.3 Å². The monoisotopic (exact) mass is 254 g/mol. The molecule has 1 aromatic rings. The molecule has 0 aromatic carbocycles. The van der Waals surface area contributed by atoms with Gasteiger partial charge in [0.15, 0.2) is 5.13 Å². The maximum absolute atomic E-state index is 11.9. The number of nitrogens with one attached hydrogen (secondary N) is 1. The zero-order valence-electron chi connectivity index (χ0n) is 9.47. The van der Waals surface area contributed by atoms with Gasteiger partial charge in [0.25, 0.3) is 0 Å². The van der Waals surface area contributed by atoms with Gasteiger partial charge in [-0.15, -0.1) is 11.3 Å². The third-order valence-electron chi connectivity index (χ3n) is 3.02. The van der Waals surface area contributed by atoms with Gasteiger partial charge >= 0.3 is 5.97 Å². The molecule has 2 N–H and O–H groups in total. The Morgan fingerprint density at radius 2 is 2.18 bits per heavy atom. The van der Waals surface area contributed by atoms with Crippen molar-refractivity contribution in [1.82, 2.24) is 4.98 Å². The second-order valence-electron chi connectivity index (χ2n) is 4.25. The van der Waals surface area contributed by atoms with E-state index in [9.17, 15) is 9.59 Å². The summed E-state index contributed by atoms with van der Waals surface area (Å²) in [6.45, 7) is 1.91. The Bertz CT molecular complexity index is 444. The van der Waals surface area contributed by atoms with Gasteiger partial charge < -0.3 is 10.4 Å². The van der Waals surface area contributed by atoms with Crippen LogP contribution in [-0.4, -0.2) is 22.0 Å². The van der Waals surface area contributed by atoms with Gasteiger partial charge in [0.1, 0.15) is 0 Å². The molecule has 0 aliphatic heterocycles. The zero-order chi connectivity index (χ0) is 12.4. The number of carboxylic acids is 1. The molecule has 2 rings (SSSR count). The van der Waals surface area contributed by atoms with E-state index in [0.717, 1.165) is 11.3 Å². The van der Waals surface area contributed by atoms with E-state index in [1.165, 1.54) is 11.3 Å². The van der Waals surface area contributed by atoms with Crippen LogP contribution in [0.25, 0.3) is 0 Å². The normalized spacial score (nSPS) is 23.6. The molecule has 1 amide bonds. The molecule has 5 nitrogen and oxygen atoms in total. The minimum absolute atomic E-state index is 0.218. The lowest BCUT2D eigenvalue weighted by Crippen LogP contribution is -2.29. The average molecular weight is 254 g/mol. The van der Waals surface area contributed by atoms with E-state index in [2.05, 4.69) is 10.3 Å². The topological polar surface area (TPSA) is 79.3 Å². The molecule has 1 aromatic heterocycles. The second-order valence-corrected chi connectivity index (χ2v) is 5.48. The van der Waals surface area contributed by atoms with Crippen LogP contribution in [-0.2, 0) is 9.59 Å². The van der Waals surface area contributed by atoms with Crippen molar-refractivity contribution in [2.75, 3.05) is 5.32 Å². The fourth-order valence-electron chi connectivity index (χ4n) is 2.18. The Morgan fingerprint density at radius 3 is 2.76 bits per heavy atom. The highest BCUT2D eigenvalue weighted by molar-refractivity contribution is 7.15. The molecule has 92 valence electrons. The summed E-state index contributed by atoms with van der Waals surface area (Å²) in [5.41, 5.74) is 0. The van der Waals surface area contributed by atoms with Crippen molar-refractivity contribution in [2.45, 2.75) is 26.2 Å².